The summed E-state index contributed by atoms with van der Waals surface area (Å²) in [4.78, 5) is 5.26. The van der Waals surface area contributed by atoms with E-state index in [9.17, 15) is 0 Å². The molecule has 0 aromatic heterocycles. The first kappa shape index (κ1) is 30.1. The smallest absolute Gasteiger partial charge is 0.145 e. The van der Waals surface area contributed by atoms with Gasteiger partial charge in [0.15, 0.2) is 0 Å². The zero-order chi connectivity index (χ0) is 33.2. The lowest BCUT2D eigenvalue weighted by Gasteiger charge is -2.29. The minimum absolute atomic E-state index is 0.165. The number of benzene rings is 6. The molecule has 1 aliphatic heterocycles. The molecular formula is C46H35N3. The van der Waals surface area contributed by atoms with Gasteiger partial charge in [0.2, 0.25) is 0 Å². The Kier molecular flexibility index (Phi) is 8.05. The molecule has 6 aromatic rings. The molecule has 1 aliphatic carbocycles. The van der Waals surface area contributed by atoms with Gasteiger partial charge < -0.3 is 5.32 Å². The van der Waals surface area contributed by atoms with E-state index >= 15 is 0 Å². The fraction of sp³-hybridized carbons (Fsp3) is 0.0870. The Bertz CT molecular complexity index is 2250. The summed E-state index contributed by atoms with van der Waals surface area (Å²) in [5.74, 6) is 0.274. The minimum atomic E-state index is -0.165. The Morgan fingerprint density at radius 2 is 1.18 bits per heavy atom. The second-order valence-corrected chi connectivity index (χ2v) is 12.7. The van der Waals surface area contributed by atoms with Crippen LogP contribution in [0.2, 0.25) is 0 Å². The van der Waals surface area contributed by atoms with E-state index in [1.807, 2.05) is 30.3 Å². The Hall–Kier alpha value is -6.24. The molecule has 1 heterocycles. The highest BCUT2D eigenvalue weighted by molar-refractivity contribution is 6.17. The number of nitrogens with one attached hydrogen (secondary N) is 1. The van der Waals surface area contributed by atoms with E-state index in [1.54, 1.807) is 0 Å². The highest BCUT2D eigenvalue weighted by Crippen LogP contribution is 2.42. The standard InChI is InChI=1S/C46H35N3/c1-31-44(37-10-4-2-5-11-37)48-46(39-12-6-3-7-13-39)49-45(31)38-26-24-36(25-27-38)41-29-28-40(42-14-8-9-15-43(41)42)35-22-20-34(21-23-35)33-18-16-32(30-47)17-19-33/h2-28,41,46,48H,29H2,1H3. The SMILES string of the molecule is CC1=C(c2ccccc2)NC(c2ccccc2)N=C1c1ccc(C2CC=C(c3ccc(-c4ccc(C#N)cc4)cc3)c3ccccc32)cc1. The van der Waals surface area contributed by atoms with Crippen LogP contribution in [0.25, 0.3) is 22.4 Å². The van der Waals surface area contributed by atoms with Gasteiger partial charge in [0.05, 0.1) is 17.3 Å². The second-order valence-electron chi connectivity index (χ2n) is 12.7. The van der Waals surface area contributed by atoms with Crippen molar-refractivity contribution in [2.75, 3.05) is 0 Å². The Morgan fingerprint density at radius 3 is 1.88 bits per heavy atom. The van der Waals surface area contributed by atoms with Gasteiger partial charge in [-0.2, -0.15) is 5.26 Å². The zero-order valence-corrected chi connectivity index (χ0v) is 27.3. The van der Waals surface area contributed by atoms with Gasteiger partial charge in [0.1, 0.15) is 6.17 Å². The topological polar surface area (TPSA) is 48.2 Å². The Morgan fingerprint density at radius 1 is 0.592 bits per heavy atom. The van der Waals surface area contributed by atoms with Gasteiger partial charge in [-0.3, -0.25) is 4.99 Å². The van der Waals surface area contributed by atoms with E-state index in [0.717, 1.165) is 51.2 Å². The predicted molar refractivity (Wildman–Crippen MR) is 201 cm³/mol. The van der Waals surface area contributed by atoms with E-state index < -0.39 is 0 Å². The maximum atomic E-state index is 9.15. The molecule has 1 N–H and O–H groups in total. The monoisotopic (exact) mass is 629 g/mol. The van der Waals surface area contributed by atoms with Gasteiger partial charge in [0, 0.05) is 17.2 Å². The van der Waals surface area contributed by atoms with Crippen molar-refractivity contribution in [3.8, 4) is 17.2 Å². The molecule has 49 heavy (non-hydrogen) atoms. The van der Waals surface area contributed by atoms with Crippen LogP contribution in [0.1, 0.15) is 69.9 Å². The van der Waals surface area contributed by atoms with Crippen molar-refractivity contribution in [2.24, 2.45) is 4.99 Å². The molecule has 0 amide bonds. The summed E-state index contributed by atoms with van der Waals surface area (Å²) in [5.41, 5.74) is 16.1. The van der Waals surface area contributed by atoms with Crippen LogP contribution in [-0.2, 0) is 0 Å². The number of fused-ring (bicyclic) bond motifs is 1. The summed E-state index contributed by atoms with van der Waals surface area (Å²) in [6, 6.07) is 57.7. The molecule has 8 rings (SSSR count). The maximum absolute atomic E-state index is 9.15. The fourth-order valence-corrected chi connectivity index (χ4v) is 7.17. The van der Waals surface area contributed by atoms with Crippen LogP contribution >= 0.6 is 0 Å². The molecule has 0 saturated heterocycles. The van der Waals surface area contributed by atoms with Crippen molar-refractivity contribution in [1.29, 1.82) is 5.26 Å². The van der Waals surface area contributed by atoms with Gasteiger partial charge in [0.25, 0.3) is 0 Å². The van der Waals surface area contributed by atoms with Gasteiger partial charge in [-0.15, -0.1) is 0 Å². The van der Waals surface area contributed by atoms with Crippen molar-refractivity contribution >= 4 is 17.0 Å². The average molecular weight is 630 g/mol. The highest BCUT2D eigenvalue weighted by atomic mass is 15.1. The first-order valence-corrected chi connectivity index (χ1v) is 16.8. The van der Waals surface area contributed by atoms with Gasteiger partial charge in [-0.25, -0.2) is 0 Å². The Balaban J connectivity index is 1.09. The minimum Gasteiger partial charge on any atom is -0.359 e. The third-order valence-electron chi connectivity index (χ3n) is 9.76. The predicted octanol–water partition coefficient (Wildman–Crippen LogP) is 10.7. The molecule has 3 heteroatoms. The number of allylic oxidation sites excluding steroid dienone is 2. The van der Waals surface area contributed by atoms with E-state index in [-0.39, 0.29) is 12.1 Å². The van der Waals surface area contributed by atoms with Crippen LogP contribution in [0.4, 0.5) is 0 Å². The van der Waals surface area contributed by atoms with E-state index in [4.69, 9.17) is 10.3 Å². The van der Waals surface area contributed by atoms with Crippen LogP contribution in [0.15, 0.2) is 174 Å². The second kappa shape index (κ2) is 13.1. The summed E-state index contributed by atoms with van der Waals surface area (Å²) in [6.45, 7) is 2.17. The summed E-state index contributed by atoms with van der Waals surface area (Å²) in [6.07, 6.45) is 3.17. The van der Waals surface area contributed by atoms with E-state index in [0.29, 0.717) is 5.56 Å². The summed E-state index contributed by atoms with van der Waals surface area (Å²) in [5, 5.41) is 12.9. The largest absolute Gasteiger partial charge is 0.359 e. The summed E-state index contributed by atoms with van der Waals surface area (Å²) in [7, 11) is 0. The molecule has 0 fully saturated rings. The van der Waals surface area contributed by atoms with Crippen LogP contribution in [0, 0.1) is 11.3 Å². The van der Waals surface area contributed by atoms with Crippen molar-refractivity contribution in [3.63, 3.8) is 0 Å². The molecule has 0 bridgehead atoms. The van der Waals surface area contributed by atoms with Crippen molar-refractivity contribution in [2.45, 2.75) is 25.4 Å². The third-order valence-corrected chi connectivity index (χ3v) is 9.76. The molecule has 2 aliphatic rings. The van der Waals surface area contributed by atoms with Gasteiger partial charge in [-0.1, -0.05) is 152 Å². The quantitative estimate of drug-likeness (QED) is 0.199. The summed E-state index contributed by atoms with van der Waals surface area (Å²) < 4.78 is 0. The summed E-state index contributed by atoms with van der Waals surface area (Å²) >= 11 is 0. The van der Waals surface area contributed by atoms with Crippen LogP contribution < -0.4 is 5.32 Å². The van der Waals surface area contributed by atoms with E-state index in [2.05, 4.69) is 152 Å². The zero-order valence-electron chi connectivity index (χ0n) is 27.3. The lowest BCUT2D eigenvalue weighted by atomic mass is 9.77. The van der Waals surface area contributed by atoms with Crippen LogP contribution in [0.5, 0.6) is 0 Å². The molecule has 234 valence electrons. The number of aliphatic imine (C=N–C) groups is 1. The maximum Gasteiger partial charge on any atom is 0.145 e. The number of nitrogens with zero attached hydrogens (tertiary/aromatic N) is 2. The normalized spacial score (nSPS) is 16.9. The fourth-order valence-electron chi connectivity index (χ4n) is 7.17. The Labute approximate surface area is 288 Å². The molecule has 6 aromatic carbocycles. The van der Waals surface area contributed by atoms with Gasteiger partial charge >= 0.3 is 0 Å². The lowest BCUT2D eigenvalue weighted by Crippen LogP contribution is -2.27. The molecule has 0 saturated carbocycles. The molecule has 3 nitrogen and oxygen atoms in total. The number of nitriles is 1. The molecule has 2 atom stereocenters. The average Bonchev–Trinajstić information content (AvgIpc) is 3.18. The lowest BCUT2D eigenvalue weighted by molar-refractivity contribution is 0.660. The van der Waals surface area contributed by atoms with Crippen molar-refractivity contribution in [1.82, 2.24) is 5.32 Å². The first-order valence-electron chi connectivity index (χ1n) is 16.8. The highest BCUT2D eigenvalue weighted by Gasteiger charge is 2.26. The number of hydrogen-bond donors (Lipinski definition) is 1. The first-order chi connectivity index (χ1) is 24.2. The molecule has 0 spiro atoms. The van der Waals surface area contributed by atoms with Crippen LogP contribution in [-0.4, -0.2) is 5.71 Å². The van der Waals surface area contributed by atoms with Crippen molar-refractivity contribution < 1.29 is 0 Å². The van der Waals surface area contributed by atoms with Crippen molar-refractivity contribution in [3.05, 3.63) is 214 Å². The molecular weight excluding hydrogens is 595 g/mol. The third kappa shape index (κ3) is 5.90. The number of rotatable bonds is 6. The van der Waals surface area contributed by atoms with Crippen LogP contribution in [0.3, 0.4) is 0 Å². The van der Waals surface area contributed by atoms with E-state index in [1.165, 1.54) is 27.8 Å². The molecule has 2 unspecified atom stereocenters. The van der Waals surface area contributed by atoms with Gasteiger partial charge in [-0.05, 0) is 81.1 Å². The molecule has 0 radical (unpaired) electrons. The number of hydrogen-bond acceptors (Lipinski definition) is 3.